The molecule has 0 amide bonds. The van der Waals surface area contributed by atoms with E-state index >= 15 is 0 Å². The molecular formula is C20H39IN4O3S. The Kier molecular flexibility index (Phi) is 9.06. The van der Waals surface area contributed by atoms with Crippen molar-refractivity contribution in [1.82, 2.24) is 15.1 Å². The SMILES string of the molecule is CCNC(=NCC1(N2CCOCC2)CCCCC1)N1CCS(=O)(=O)C(C)(C)C1.I. The zero-order valence-corrected chi connectivity index (χ0v) is 21.4. The van der Waals surface area contributed by atoms with E-state index < -0.39 is 14.6 Å². The van der Waals surface area contributed by atoms with Crippen molar-refractivity contribution in [2.45, 2.75) is 63.2 Å². The predicted octanol–water partition coefficient (Wildman–Crippen LogP) is 2.11. The summed E-state index contributed by atoms with van der Waals surface area (Å²) in [5.74, 6) is 1.06. The van der Waals surface area contributed by atoms with E-state index in [-0.39, 0.29) is 35.3 Å². The maximum absolute atomic E-state index is 12.4. The highest BCUT2D eigenvalue weighted by atomic mass is 127. The first kappa shape index (κ1) is 25.1. The molecule has 0 atom stereocenters. The largest absolute Gasteiger partial charge is 0.379 e. The molecule has 2 aliphatic heterocycles. The fourth-order valence-corrected chi connectivity index (χ4v) is 6.16. The van der Waals surface area contributed by atoms with Gasteiger partial charge in [-0.2, -0.15) is 0 Å². The first-order valence-corrected chi connectivity index (χ1v) is 12.5. The summed E-state index contributed by atoms with van der Waals surface area (Å²) < 4.78 is 29.6. The molecule has 2 heterocycles. The highest BCUT2D eigenvalue weighted by Crippen LogP contribution is 2.35. The molecule has 0 bridgehead atoms. The normalized spacial score (nSPS) is 27.1. The molecule has 3 aliphatic rings. The number of nitrogens with zero attached hydrogens (tertiary/aromatic N) is 3. The molecule has 0 radical (unpaired) electrons. The molecule has 1 aliphatic carbocycles. The third-order valence-electron chi connectivity index (χ3n) is 6.67. The molecular weight excluding hydrogens is 503 g/mol. The number of morpholine rings is 1. The Hall–Kier alpha value is -0.130. The van der Waals surface area contributed by atoms with Crippen LogP contribution in [-0.2, 0) is 14.6 Å². The minimum Gasteiger partial charge on any atom is -0.379 e. The van der Waals surface area contributed by atoms with Crippen LogP contribution in [0.3, 0.4) is 0 Å². The third-order valence-corrected chi connectivity index (χ3v) is 9.20. The second-order valence-corrected chi connectivity index (χ2v) is 11.8. The van der Waals surface area contributed by atoms with E-state index in [0.29, 0.717) is 13.1 Å². The van der Waals surface area contributed by atoms with Gasteiger partial charge in [0.2, 0.25) is 0 Å². The van der Waals surface area contributed by atoms with Gasteiger partial charge in [-0.15, -0.1) is 24.0 Å². The zero-order chi connectivity index (χ0) is 20.3. The first-order valence-electron chi connectivity index (χ1n) is 10.9. The van der Waals surface area contributed by atoms with Crippen LogP contribution in [0.4, 0.5) is 0 Å². The summed E-state index contributed by atoms with van der Waals surface area (Å²) in [6.45, 7) is 11.9. The van der Waals surface area contributed by atoms with Gasteiger partial charge in [-0.1, -0.05) is 19.3 Å². The van der Waals surface area contributed by atoms with E-state index in [1.54, 1.807) is 0 Å². The van der Waals surface area contributed by atoms with Gasteiger partial charge in [-0.25, -0.2) is 8.42 Å². The van der Waals surface area contributed by atoms with E-state index in [0.717, 1.165) is 45.4 Å². The van der Waals surface area contributed by atoms with Crippen molar-refractivity contribution in [2.75, 3.05) is 58.2 Å². The Balaban J connectivity index is 0.00000300. The van der Waals surface area contributed by atoms with Crippen molar-refractivity contribution < 1.29 is 13.2 Å². The lowest BCUT2D eigenvalue weighted by Gasteiger charge is -2.47. The van der Waals surface area contributed by atoms with Crippen molar-refractivity contribution in [3.8, 4) is 0 Å². The molecule has 0 aromatic carbocycles. The molecule has 1 saturated carbocycles. The summed E-state index contributed by atoms with van der Waals surface area (Å²) in [6.07, 6.45) is 6.22. The maximum atomic E-state index is 12.4. The summed E-state index contributed by atoms with van der Waals surface area (Å²) >= 11 is 0. The Labute approximate surface area is 194 Å². The minimum absolute atomic E-state index is 0. The second-order valence-electron chi connectivity index (χ2n) is 9.05. The van der Waals surface area contributed by atoms with Gasteiger partial charge in [-0.05, 0) is 33.6 Å². The molecule has 1 N–H and O–H groups in total. The highest BCUT2D eigenvalue weighted by molar-refractivity contribution is 14.0. The average Bonchev–Trinajstić information content (AvgIpc) is 2.69. The molecule has 9 heteroatoms. The number of guanidine groups is 1. The number of nitrogens with one attached hydrogen (secondary N) is 1. The third kappa shape index (κ3) is 5.77. The lowest BCUT2D eigenvalue weighted by molar-refractivity contribution is -0.0334. The second kappa shape index (κ2) is 10.5. The Morgan fingerprint density at radius 3 is 2.34 bits per heavy atom. The Bertz CT molecular complexity index is 657. The van der Waals surface area contributed by atoms with Gasteiger partial charge in [0.25, 0.3) is 0 Å². The summed E-state index contributed by atoms with van der Waals surface area (Å²) in [7, 11) is -3.05. The molecule has 0 aromatic heterocycles. The molecule has 0 unspecified atom stereocenters. The van der Waals surface area contributed by atoms with Gasteiger partial charge in [-0.3, -0.25) is 9.89 Å². The smallest absolute Gasteiger partial charge is 0.194 e. The molecule has 7 nitrogen and oxygen atoms in total. The molecule has 29 heavy (non-hydrogen) atoms. The van der Waals surface area contributed by atoms with Gasteiger partial charge in [0.1, 0.15) is 0 Å². The first-order chi connectivity index (χ1) is 13.3. The van der Waals surface area contributed by atoms with E-state index in [2.05, 4.69) is 22.0 Å². The fourth-order valence-electron chi connectivity index (χ4n) is 4.79. The van der Waals surface area contributed by atoms with Crippen molar-refractivity contribution in [3.05, 3.63) is 0 Å². The van der Waals surface area contributed by atoms with E-state index in [1.807, 2.05) is 13.8 Å². The van der Waals surface area contributed by atoms with Crippen molar-refractivity contribution >= 4 is 39.8 Å². The standard InChI is InChI=1S/C20H38N4O3S.HI/c1-4-21-18(23-12-15-28(25,26)19(2,3)17-23)22-16-20(8-6-5-7-9-20)24-10-13-27-14-11-24;/h4-17H2,1-3H3,(H,21,22);1H. The lowest BCUT2D eigenvalue weighted by Crippen LogP contribution is -2.59. The topological polar surface area (TPSA) is 74.2 Å². The van der Waals surface area contributed by atoms with E-state index in [4.69, 9.17) is 9.73 Å². The monoisotopic (exact) mass is 542 g/mol. The average molecular weight is 543 g/mol. The predicted molar refractivity (Wildman–Crippen MR) is 129 cm³/mol. The number of hydrogen-bond acceptors (Lipinski definition) is 5. The van der Waals surface area contributed by atoms with Crippen LogP contribution in [0.1, 0.15) is 52.9 Å². The maximum Gasteiger partial charge on any atom is 0.194 e. The van der Waals surface area contributed by atoms with Gasteiger partial charge < -0.3 is 15.0 Å². The van der Waals surface area contributed by atoms with E-state index in [9.17, 15) is 8.42 Å². The lowest BCUT2D eigenvalue weighted by atomic mass is 9.80. The van der Waals surface area contributed by atoms with Crippen LogP contribution in [0.2, 0.25) is 0 Å². The van der Waals surface area contributed by atoms with Crippen LogP contribution >= 0.6 is 24.0 Å². The summed E-state index contributed by atoms with van der Waals surface area (Å²) in [5, 5.41) is 3.42. The number of sulfone groups is 1. The molecule has 170 valence electrons. The number of hydrogen-bond donors (Lipinski definition) is 1. The van der Waals surface area contributed by atoms with Crippen LogP contribution in [0.5, 0.6) is 0 Å². The van der Waals surface area contributed by atoms with Gasteiger partial charge in [0.15, 0.2) is 15.8 Å². The Morgan fingerprint density at radius 1 is 1.10 bits per heavy atom. The molecule has 3 rings (SSSR count). The molecule has 2 saturated heterocycles. The van der Waals surface area contributed by atoms with Gasteiger partial charge in [0.05, 0.1) is 30.3 Å². The number of ether oxygens (including phenoxy) is 1. The van der Waals surface area contributed by atoms with Crippen LogP contribution < -0.4 is 5.32 Å². The fraction of sp³-hybridized carbons (Fsp3) is 0.950. The summed E-state index contributed by atoms with van der Waals surface area (Å²) in [6, 6.07) is 0. The van der Waals surface area contributed by atoms with Crippen molar-refractivity contribution in [3.63, 3.8) is 0 Å². The summed E-state index contributed by atoms with van der Waals surface area (Å²) in [4.78, 5) is 9.82. The van der Waals surface area contributed by atoms with Gasteiger partial charge in [0, 0.05) is 38.3 Å². The Morgan fingerprint density at radius 2 is 1.76 bits per heavy atom. The van der Waals surface area contributed by atoms with Crippen molar-refractivity contribution in [2.24, 2.45) is 4.99 Å². The number of aliphatic imine (C=N–C) groups is 1. The van der Waals surface area contributed by atoms with Gasteiger partial charge >= 0.3 is 0 Å². The quantitative estimate of drug-likeness (QED) is 0.334. The molecule has 0 spiro atoms. The van der Waals surface area contributed by atoms with Crippen LogP contribution in [0, 0.1) is 0 Å². The molecule has 0 aromatic rings. The summed E-state index contributed by atoms with van der Waals surface area (Å²) in [5.41, 5.74) is 0.125. The molecule has 3 fully saturated rings. The van der Waals surface area contributed by atoms with Crippen LogP contribution in [-0.4, -0.2) is 92.7 Å². The van der Waals surface area contributed by atoms with Crippen LogP contribution in [0.15, 0.2) is 4.99 Å². The minimum atomic E-state index is -3.05. The highest BCUT2D eigenvalue weighted by Gasteiger charge is 2.42. The van der Waals surface area contributed by atoms with Crippen molar-refractivity contribution in [1.29, 1.82) is 0 Å². The number of rotatable bonds is 4. The van der Waals surface area contributed by atoms with Crippen LogP contribution in [0.25, 0.3) is 0 Å². The zero-order valence-electron chi connectivity index (χ0n) is 18.3. The number of halogens is 1. The van der Waals surface area contributed by atoms with E-state index in [1.165, 1.54) is 32.1 Å².